The van der Waals surface area contributed by atoms with Gasteiger partial charge in [-0.3, -0.25) is 14.2 Å². The van der Waals surface area contributed by atoms with Crippen molar-refractivity contribution < 1.29 is 9.59 Å². The molecule has 0 aliphatic heterocycles. The normalized spacial score (nSPS) is 10.6. The predicted molar refractivity (Wildman–Crippen MR) is 137 cm³/mol. The SMILES string of the molecule is Cc1ccc(NC(=O)CSc2nccn2-c2ccc(C(=O)NCc3ccc(Cl)cc3)cc2)cc1. The molecule has 0 saturated heterocycles. The van der Waals surface area contributed by atoms with E-state index in [9.17, 15) is 9.59 Å². The summed E-state index contributed by atoms with van der Waals surface area (Å²) in [5.74, 6) is -0.0265. The summed E-state index contributed by atoms with van der Waals surface area (Å²) in [5.41, 5.74) is 4.29. The molecule has 34 heavy (non-hydrogen) atoms. The van der Waals surface area contributed by atoms with Crippen LogP contribution in [0.5, 0.6) is 0 Å². The van der Waals surface area contributed by atoms with Crippen LogP contribution in [0.3, 0.4) is 0 Å². The number of benzene rings is 3. The van der Waals surface area contributed by atoms with Crippen molar-refractivity contribution in [1.82, 2.24) is 14.9 Å². The average Bonchev–Trinajstić information content (AvgIpc) is 3.32. The van der Waals surface area contributed by atoms with Gasteiger partial charge >= 0.3 is 0 Å². The van der Waals surface area contributed by atoms with Crippen LogP contribution >= 0.6 is 23.4 Å². The van der Waals surface area contributed by atoms with Gasteiger partial charge < -0.3 is 10.6 Å². The van der Waals surface area contributed by atoms with Gasteiger partial charge in [0.25, 0.3) is 5.91 Å². The topological polar surface area (TPSA) is 76.0 Å². The number of halogens is 1. The van der Waals surface area contributed by atoms with Gasteiger partial charge in [-0.2, -0.15) is 0 Å². The zero-order chi connectivity index (χ0) is 23.9. The molecule has 8 heteroatoms. The van der Waals surface area contributed by atoms with Crippen molar-refractivity contribution >= 4 is 40.9 Å². The highest BCUT2D eigenvalue weighted by atomic mass is 35.5. The minimum atomic E-state index is -0.158. The van der Waals surface area contributed by atoms with Crippen molar-refractivity contribution in [2.24, 2.45) is 0 Å². The van der Waals surface area contributed by atoms with Crippen LogP contribution in [0.4, 0.5) is 5.69 Å². The Kier molecular flexibility index (Phi) is 7.67. The average molecular weight is 491 g/mol. The molecule has 1 heterocycles. The maximum atomic E-state index is 12.5. The fourth-order valence-electron chi connectivity index (χ4n) is 3.22. The van der Waals surface area contributed by atoms with Crippen LogP contribution in [0.1, 0.15) is 21.5 Å². The number of anilines is 1. The van der Waals surface area contributed by atoms with E-state index in [1.54, 1.807) is 30.5 Å². The maximum Gasteiger partial charge on any atom is 0.251 e. The van der Waals surface area contributed by atoms with Gasteiger partial charge in [-0.15, -0.1) is 0 Å². The number of hydrogen-bond acceptors (Lipinski definition) is 4. The van der Waals surface area contributed by atoms with Gasteiger partial charge in [-0.1, -0.05) is 53.2 Å². The number of rotatable bonds is 8. The lowest BCUT2D eigenvalue weighted by Crippen LogP contribution is -2.22. The van der Waals surface area contributed by atoms with Crippen LogP contribution < -0.4 is 10.6 Å². The van der Waals surface area contributed by atoms with Crippen molar-refractivity contribution in [3.05, 3.63) is 107 Å². The molecule has 0 atom stereocenters. The first-order chi connectivity index (χ1) is 16.5. The van der Waals surface area contributed by atoms with E-state index in [0.29, 0.717) is 22.3 Å². The lowest BCUT2D eigenvalue weighted by molar-refractivity contribution is -0.113. The second-order valence-corrected chi connectivity index (χ2v) is 9.02. The van der Waals surface area contributed by atoms with Crippen molar-refractivity contribution in [3.63, 3.8) is 0 Å². The Morgan fingerprint density at radius 3 is 2.38 bits per heavy atom. The largest absolute Gasteiger partial charge is 0.348 e. The van der Waals surface area contributed by atoms with Crippen molar-refractivity contribution in [3.8, 4) is 5.69 Å². The summed E-state index contributed by atoms with van der Waals surface area (Å²) in [5, 5.41) is 7.15. The zero-order valence-corrected chi connectivity index (χ0v) is 20.1. The third kappa shape index (κ3) is 6.27. The standard InChI is InChI=1S/C26H23ClN4O2S/c1-18-2-10-22(11-3-18)30-24(32)17-34-26-28-14-15-31(26)23-12-6-20(7-13-23)25(33)29-16-19-4-8-21(27)9-5-19/h2-15H,16-17H2,1H3,(H,29,33)(H,30,32). The van der Waals surface area contributed by atoms with Gasteiger partial charge in [-0.25, -0.2) is 4.98 Å². The molecule has 3 aromatic carbocycles. The molecule has 0 fully saturated rings. The molecular formula is C26H23ClN4O2S. The number of carbonyl (C=O) groups is 2. The molecule has 0 aliphatic carbocycles. The van der Waals surface area contributed by atoms with E-state index in [0.717, 1.165) is 22.5 Å². The van der Waals surface area contributed by atoms with Crippen LogP contribution in [-0.4, -0.2) is 27.1 Å². The van der Waals surface area contributed by atoms with Gasteiger partial charge in [0, 0.05) is 40.9 Å². The molecule has 0 radical (unpaired) electrons. The third-order valence-corrected chi connectivity index (χ3v) is 6.27. The number of amides is 2. The minimum absolute atomic E-state index is 0.101. The summed E-state index contributed by atoms with van der Waals surface area (Å²) >= 11 is 7.24. The molecule has 4 rings (SSSR count). The van der Waals surface area contributed by atoms with Gasteiger partial charge in [0.05, 0.1) is 5.75 Å². The number of nitrogens with zero attached hydrogens (tertiary/aromatic N) is 2. The molecule has 4 aromatic rings. The second kappa shape index (κ2) is 11.0. The fraction of sp³-hybridized carbons (Fsp3) is 0.115. The summed E-state index contributed by atoms with van der Waals surface area (Å²) in [6.45, 7) is 2.42. The van der Waals surface area contributed by atoms with Crippen LogP contribution in [0.25, 0.3) is 5.69 Å². The van der Waals surface area contributed by atoms with Gasteiger partial charge in [0.1, 0.15) is 0 Å². The quantitative estimate of drug-likeness (QED) is 0.320. The summed E-state index contributed by atoms with van der Waals surface area (Å²) in [4.78, 5) is 29.2. The molecule has 1 aromatic heterocycles. The second-order valence-electron chi connectivity index (χ2n) is 7.64. The zero-order valence-electron chi connectivity index (χ0n) is 18.5. The lowest BCUT2D eigenvalue weighted by atomic mass is 10.1. The fourth-order valence-corrected chi connectivity index (χ4v) is 4.12. The lowest BCUT2D eigenvalue weighted by Gasteiger charge is -2.10. The molecule has 6 nitrogen and oxygen atoms in total. The molecule has 2 N–H and O–H groups in total. The highest BCUT2D eigenvalue weighted by Gasteiger charge is 2.11. The van der Waals surface area contributed by atoms with Gasteiger partial charge in [-0.05, 0) is 61.0 Å². The molecule has 0 unspecified atom stereocenters. The smallest absolute Gasteiger partial charge is 0.251 e. The molecule has 0 spiro atoms. The Labute approximate surface area is 207 Å². The van der Waals surface area contributed by atoms with Crippen LogP contribution in [0.2, 0.25) is 5.02 Å². The number of carbonyl (C=O) groups excluding carboxylic acids is 2. The Bertz CT molecular complexity index is 1270. The maximum absolute atomic E-state index is 12.5. The molecule has 0 bridgehead atoms. The summed E-state index contributed by atoms with van der Waals surface area (Å²) in [6, 6.07) is 22.3. The van der Waals surface area contributed by atoms with Crippen LogP contribution in [0.15, 0.2) is 90.3 Å². The molecular weight excluding hydrogens is 468 g/mol. The van der Waals surface area contributed by atoms with E-state index in [2.05, 4.69) is 15.6 Å². The van der Waals surface area contributed by atoms with E-state index in [-0.39, 0.29) is 17.6 Å². The number of aromatic nitrogens is 2. The molecule has 0 aliphatic rings. The van der Waals surface area contributed by atoms with E-state index in [4.69, 9.17) is 11.6 Å². The summed E-state index contributed by atoms with van der Waals surface area (Å²) in [7, 11) is 0. The van der Waals surface area contributed by atoms with Crippen molar-refractivity contribution in [1.29, 1.82) is 0 Å². The van der Waals surface area contributed by atoms with E-state index >= 15 is 0 Å². The third-order valence-electron chi connectivity index (χ3n) is 5.05. The van der Waals surface area contributed by atoms with Crippen LogP contribution in [-0.2, 0) is 11.3 Å². The number of hydrogen-bond donors (Lipinski definition) is 2. The van der Waals surface area contributed by atoms with Gasteiger partial charge in [0.15, 0.2) is 5.16 Å². The van der Waals surface area contributed by atoms with E-state index in [1.165, 1.54) is 11.8 Å². The number of imidazole rings is 1. The number of aryl methyl sites for hydroxylation is 1. The summed E-state index contributed by atoms with van der Waals surface area (Å²) < 4.78 is 1.89. The van der Waals surface area contributed by atoms with Crippen LogP contribution in [0, 0.1) is 6.92 Å². The first kappa shape index (κ1) is 23.6. The highest BCUT2D eigenvalue weighted by Crippen LogP contribution is 2.21. The van der Waals surface area contributed by atoms with Gasteiger partial charge in [0.2, 0.25) is 5.91 Å². The number of nitrogens with one attached hydrogen (secondary N) is 2. The monoisotopic (exact) mass is 490 g/mol. The highest BCUT2D eigenvalue weighted by molar-refractivity contribution is 7.99. The first-order valence-electron chi connectivity index (χ1n) is 10.6. The Balaban J connectivity index is 1.33. The minimum Gasteiger partial charge on any atom is -0.348 e. The number of thioether (sulfide) groups is 1. The first-order valence-corrected chi connectivity index (χ1v) is 12.0. The van der Waals surface area contributed by atoms with Crippen molar-refractivity contribution in [2.75, 3.05) is 11.1 Å². The molecule has 172 valence electrons. The van der Waals surface area contributed by atoms with E-state index in [1.807, 2.05) is 66.2 Å². The van der Waals surface area contributed by atoms with E-state index < -0.39 is 0 Å². The molecule has 2 amide bonds. The van der Waals surface area contributed by atoms with Crippen molar-refractivity contribution in [2.45, 2.75) is 18.6 Å². The Morgan fingerprint density at radius 2 is 1.68 bits per heavy atom. The Morgan fingerprint density at radius 1 is 0.971 bits per heavy atom. The Hall–Kier alpha value is -3.55. The predicted octanol–water partition coefficient (Wildman–Crippen LogP) is 5.49. The summed E-state index contributed by atoms with van der Waals surface area (Å²) in [6.07, 6.45) is 3.52. The molecule has 0 saturated carbocycles.